The van der Waals surface area contributed by atoms with E-state index in [4.69, 9.17) is 9.47 Å². The highest BCUT2D eigenvalue weighted by Gasteiger charge is 2.13. The molecule has 0 unspecified atom stereocenters. The first kappa shape index (κ1) is 19.0. The third kappa shape index (κ3) is 7.65. The van der Waals surface area contributed by atoms with Gasteiger partial charge >= 0.3 is 11.8 Å². The van der Waals surface area contributed by atoms with Crippen LogP contribution in [0.25, 0.3) is 0 Å². The first-order chi connectivity index (χ1) is 11.0. The third-order valence-electron chi connectivity index (χ3n) is 2.94. The number of benzene rings is 1. The molecule has 1 rings (SSSR count). The van der Waals surface area contributed by atoms with Crippen LogP contribution in [-0.2, 0) is 20.9 Å². The zero-order chi connectivity index (χ0) is 17.1. The summed E-state index contributed by atoms with van der Waals surface area (Å²) in [4.78, 5) is 23.4. The Bertz CT molecular complexity index is 503. The molecule has 0 bridgehead atoms. The number of carbonyl (C=O) groups is 2. The molecule has 0 spiro atoms. The summed E-state index contributed by atoms with van der Waals surface area (Å²) >= 11 is 0. The number of nitrogens with one attached hydrogen (secondary N) is 2. The van der Waals surface area contributed by atoms with Crippen LogP contribution in [0.3, 0.4) is 0 Å². The minimum absolute atomic E-state index is 0.0421. The monoisotopic (exact) mass is 322 g/mol. The second-order valence-electron chi connectivity index (χ2n) is 5.26. The molecule has 0 radical (unpaired) electrons. The topological polar surface area (TPSA) is 76.7 Å². The van der Waals surface area contributed by atoms with Crippen molar-refractivity contribution in [3.8, 4) is 5.75 Å². The fourth-order valence-corrected chi connectivity index (χ4v) is 1.88. The number of hydrogen-bond acceptors (Lipinski definition) is 4. The van der Waals surface area contributed by atoms with Crippen molar-refractivity contribution in [2.24, 2.45) is 0 Å². The Kier molecular flexibility index (Phi) is 8.75. The van der Waals surface area contributed by atoms with Gasteiger partial charge in [0.05, 0.1) is 6.10 Å². The molecule has 23 heavy (non-hydrogen) atoms. The van der Waals surface area contributed by atoms with Crippen LogP contribution in [0.5, 0.6) is 5.75 Å². The molecule has 0 atom stereocenters. The van der Waals surface area contributed by atoms with Crippen LogP contribution >= 0.6 is 0 Å². The molecule has 0 aliphatic carbocycles. The zero-order valence-electron chi connectivity index (χ0n) is 14.1. The molecule has 2 amide bonds. The van der Waals surface area contributed by atoms with Crippen molar-refractivity contribution in [3.63, 3.8) is 0 Å². The lowest BCUT2D eigenvalue weighted by molar-refractivity contribution is -0.139. The van der Waals surface area contributed by atoms with Crippen molar-refractivity contribution in [3.05, 3.63) is 29.8 Å². The molecular formula is C17H26N2O4. The lowest BCUT2D eigenvalue weighted by atomic mass is 10.2. The minimum Gasteiger partial charge on any atom is -0.491 e. The van der Waals surface area contributed by atoms with E-state index in [0.29, 0.717) is 31.9 Å². The Hall–Kier alpha value is -2.08. The summed E-state index contributed by atoms with van der Waals surface area (Å²) in [7, 11) is 0. The smallest absolute Gasteiger partial charge is 0.309 e. The maximum absolute atomic E-state index is 11.8. The molecule has 1 aromatic rings. The first-order valence-electron chi connectivity index (χ1n) is 7.93. The van der Waals surface area contributed by atoms with Gasteiger partial charge in [-0.1, -0.05) is 18.2 Å². The van der Waals surface area contributed by atoms with Crippen molar-refractivity contribution < 1.29 is 19.1 Å². The van der Waals surface area contributed by atoms with E-state index in [9.17, 15) is 9.59 Å². The van der Waals surface area contributed by atoms with E-state index in [-0.39, 0.29) is 12.6 Å². The van der Waals surface area contributed by atoms with Crippen molar-refractivity contribution in [1.82, 2.24) is 10.6 Å². The Morgan fingerprint density at radius 1 is 1.13 bits per heavy atom. The summed E-state index contributed by atoms with van der Waals surface area (Å²) in [5.74, 6) is -0.579. The highest BCUT2D eigenvalue weighted by atomic mass is 16.5. The fraction of sp³-hybridized carbons (Fsp3) is 0.529. The molecule has 128 valence electrons. The molecule has 0 saturated heterocycles. The average molecular weight is 322 g/mol. The van der Waals surface area contributed by atoms with Gasteiger partial charge in [0.25, 0.3) is 0 Å². The van der Waals surface area contributed by atoms with E-state index >= 15 is 0 Å². The maximum atomic E-state index is 11.8. The third-order valence-corrected chi connectivity index (χ3v) is 2.94. The van der Waals surface area contributed by atoms with Crippen LogP contribution in [0.2, 0.25) is 0 Å². The van der Waals surface area contributed by atoms with Gasteiger partial charge in [0.15, 0.2) is 0 Å². The van der Waals surface area contributed by atoms with Crippen LogP contribution in [0.4, 0.5) is 0 Å². The molecular weight excluding hydrogens is 296 g/mol. The normalized spacial score (nSPS) is 10.4. The molecule has 1 aromatic carbocycles. The van der Waals surface area contributed by atoms with E-state index in [2.05, 4.69) is 10.6 Å². The summed E-state index contributed by atoms with van der Waals surface area (Å²) in [6.45, 7) is 7.65. The summed E-state index contributed by atoms with van der Waals surface area (Å²) in [5, 5.41) is 5.16. The van der Waals surface area contributed by atoms with Gasteiger partial charge in [-0.15, -0.1) is 0 Å². The standard InChI is InChI=1S/C17H26N2O4/c1-4-22-11-7-10-18-16(20)17(21)19-12-14-8-5-6-9-15(14)23-13(2)3/h5-6,8-9,13H,4,7,10-12H2,1-3H3,(H,18,20)(H,19,21). The summed E-state index contributed by atoms with van der Waals surface area (Å²) < 4.78 is 10.8. The van der Waals surface area contributed by atoms with E-state index in [0.717, 1.165) is 5.56 Å². The number of para-hydroxylation sites is 1. The predicted octanol–water partition coefficient (Wildman–Crippen LogP) is 1.63. The van der Waals surface area contributed by atoms with E-state index in [1.807, 2.05) is 45.0 Å². The van der Waals surface area contributed by atoms with Crippen LogP contribution in [0, 0.1) is 0 Å². The van der Waals surface area contributed by atoms with Gasteiger partial charge < -0.3 is 20.1 Å². The summed E-state index contributed by atoms with van der Waals surface area (Å²) in [6, 6.07) is 7.43. The van der Waals surface area contributed by atoms with Gasteiger partial charge in [0.2, 0.25) is 0 Å². The van der Waals surface area contributed by atoms with E-state index in [1.165, 1.54) is 0 Å². The number of rotatable bonds is 9. The quantitative estimate of drug-likeness (QED) is 0.535. The number of carbonyl (C=O) groups excluding carboxylic acids is 2. The lowest BCUT2D eigenvalue weighted by Crippen LogP contribution is -2.40. The highest BCUT2D eigenvalue weighted by Crippen LogP contribution is 2.18. The molecule has 0 aliphatic heterocycles. The zero-order valence-corrected chi connectivity index (χ0v) is 14.1. The largest absolute Gasteiger partial charge is 0.491 e. The number of ether oxygens (including phenoxy) is 2. The molecule has 0 fully saturated rings. The molecule has 0 heterocycles. The summed E-state index contributed by atoms with van der Waals surface area (Å²) in [6.07, 6.45) is 0.721. The van der Waals surface area contributed by atoms with Crippen molar-refractivity contribution >= 4 is 11.8 Å². The van der Waals surface area contributed by atoms with Crippen molar-refractivity contribution in [2.75, 3.05) is 19.8 Å². The number of hydrogen-bond donors (Lipinski definition) is 2. The van der Waals surface area contributed by atoms with Crippen molar-refractivity contribution in [1.29, 1.82) is 0 Å². The Morgan fingerprint density at radius 2 is 1.83 bits per heavy atom. The Labute approximate surface area is 137 Å². The van der Waals surface area contributed by atoms with Gasteiger partial charge in [-0.25, -0.2) is 0 Å². The Balaban J connectivity index is 2.39. The SMILES string of the molecule is CCOCCCNC(=O)C(=O)NCc1ccccc1OC(C)C. The lowest BCUT2D eigenvalue weighted by Gasteiger charge is -2.14. The highest BCUT2D eigenvalue weighted by molar-refractivity contribution is 6.35. The first-order valence-corrected chi connectivity index (χ1v) is 7.93. The second kappa shape index (κ2) is 10.6. The van der Waals surface area contributed by atoms with Gasteiger partial charge in [-0.2, -0.15) is 0 Å². The van der Waals surface area contributed by atoms with Gasteiger partial charge in [0, 0.05) is 31.9 Å². The second-order valence-corrected chi connectivity index (χ2v) is 5.26. The Morgan fingerprint density at radius 3 is 2.52 bits per heavy atom. The predicted molar refractivity (Wildman–Crippen MR) is 88.2 cm³/mol. The molecule has 0 aliphatic rings. The van der Waals surface area contributed by atoms with Crippen LogP contribution in [0.1, 0.15) is 32.8 Å². The van der Waals surface area contributed by atoms with Gasteiger partial charge in [0.1, 0.15) is 5.75 Å². The average Bonchev–Trinajstić information content (AvgIpc) is 2.52. The molecule has 6 nitrogen and oxygen atoms in total. The van der Waals surface area contributed by atoms with Crippen LogP contribution < -0.4 is 15.4 Å². The van der Waals surface area contributed by atoms with Crippen molar-refractivity contribution in [2.45, 2.75) is 39.8 Å². The molecule has 0 saturated carbocycles. The maximum Gasteiger partial charge on any atom is 0.309 e. The fourth-order valence-electron chi connectivity index (χ4n) is 1.88. The minimum atomic E-state index is -0.652. The van der Waals surface area contributed by atoms with Crippen LogP contribution in [0.15, 0.2) is 24.3 Å². The molecule has 0 aromatic heterocycles. The van der Waals surface area contributed by atoms with Gasteiger partial charge in [-0.3, -0.25) is 9.59 Å². The molecule has 6 heteroatoms. The molecule has 2 N–H and O–H groups in total. The summed E-state index contributed by atoms with van der Waals surface area (Å²) in [5.41, 5.74) is 0.832. The van der Waals surface area contributed by atoms with Crippen LogP contribution in [-0.4, -0.2) is 37.7 Å². The van der Waals surface area contributed by atoms with E-state index in [1.54, 1.807) is 0 Å². The number of amides is 2. The van der Waals surface area contributed by atoms with E-state index < -0.39 is 11.8 Å². The van der Waals surface area contributed by atoms with Gasteiger partial charge in [-0.05, 0) is 33.3 Å².